The van der Waals surface area contributed by atoms with Crippen LogP contribution in [0.15, 0.2) is 4.52 Å². The highest BCUT2D eigenvalue weighted by atomic mass is 16.6. The first kappa shape index (κ1) is 14.8. The number of nitrogens with two attached hydrogens (primary N) is 1. The number of amides is 1. The fourth-order valence-electron chi connectivity index (χ4n) is 2.19. The lowest BCUT2D eigenvalue weighted by Crippen LogP contribution is -2.49. The van der Waals surface area contributed by atoms with E-state index in [0.29, 0.717) is 31.2 Å². The highest BCUT2D eigenvalue weighted by Crippen LogP contribution is 2.26. The molecule has 1 aromatic rings. The van der Waals surface area contributed by atoms with Gasteiger partial charge in [0.05, 0.1) is 5.92 Å². The van der Waals surface area contributed by atoms with E-state index in [1.807, 2.05) is 20.8 Å². The summed E-state index contributed by atoms with van der Waals surface area (Å²) in [7, 11) is 0. The molecule has 1 aliphatic heterocycles. The van der Waals surface area contributed by atoms with Gasteiger partial charge < -0.3 is 19.9 Å². The molecule has 0 unspecified atom stereocenters. The first-order valence-corrected chi connectivity index (χ1v) is 6.80. The number of hydrogen-bond acceptors (Lipinski definition) is 6. The van der Waals surface area contributed by atoms with Crippen molar-refractivity contribution in [3.05, 3.63) is 11.7 Å². The van der Waals surface area contributed by atoms with E-state index in [4.69, 9.17) is 15.0 Å². The van der Waals surface area contributed by atoms with Crippen LogP contribution in [0.2, 0.25) is 0 Å². The number of carbonyl (C=O) groups is 1. The van der Waals surface area contributed by atoms with Gasteiger partial charge >= 0.3 is 6.09 Å². The molecule has 2 heterocycles. The monoisotopic (exact) mass is 282 g/mol. The minimum Gasteiger partial charge on any atom is -0.444 e. The van der Waals surface area contributed by atoms with Crippen molar-refractivity contribution < 1.29 is 14.1 Å². The highest BCUT2D eigenvalue weighted by Gasteiger charge is 2.35. The van der Waals surface area contributed by atoms with Crippen LogP contribution in [0.25, 0.3) is 0 Å². The van der Waals surface area contributed by atoms with Crippen LogP contribution in [-0.4, -0.2) is 45.9 Å². The maximum absolute atomic E-state index is 12.1. The summed E-state index contributed by atoms with van der Waals surface area (Å²) in [6, 6.07) is -0.0893. The molecular weight excluding hydrogens is 260 g/mol. The van der Waals surface area contributed by atoms with Crippen molar-refractivity contribution in [3.8, 4) is 0 Å². The molecule has 1 aliphatic rings. The molecule has 0 spiro atoms. The molecule has 1 aromatic heterocycles. The van der Waals surface area contributed by atoms with Gasteiger partial charge in [0.2, 0.25) is 5.89 Å². The number of nitrogens with zero attached hydrogens (tertiary/aromatic N) is 3. The van der Waals surface area contributed by atoms with Crippen LogP contribution in [-0.2, 0) is 4.74 Å². The summed E-state index contributed by atoms with van der Waals surface area (Å²) in [5, 5.41) is 3.78. The standard InChI is InChI=1S/C13H22N4O3/c1-8-15-11(20-16-8)9-7-17(6-5-10(9)14)12(18)19-13(2,3)4/h9-10H,5-7,14H2,1-4H3/t9-,10-/m0/s1. The van der Waals surface area contributed by atoms with Crippen molar-refractivity contribution in [3.63, 3.8) is 0 Å². The second-order valence-corrected chi connectivity index (χ2v) is 6.17. The topological polar surface area (TPSA) is 94.5 Å². The molecule has 7 heteroatoms. The number of aryl methyl sites for hydroxylation is 1. The van der Waals surface area contributed by atoms with Crippen molar-refractivity contribution in [2.24, 2.45) is 5.73 Å². The van der Waals surface area contributed by atoms with Gasteiger partial charge in [-0.05, 0) is 34.1 Å². The number of aromatic nitrogens is 2. The average Bonchev–Trinajstić information content (AvgIpc) is 2.74. The van der Waals surface area contributed by atoms with Crippen LogP contribution < -0.4 is 5.73 Å². The molecule has 0 radical (unpaired) electrons. The Morgan fingerprint density at radius 2 is 2.20 bits per heavy atom. The Morgan fingerprint density at radius 3 is 2.75 bits per heavy atom. The molecule has 2 N–H and O–H groups in total. The molecule has 2 rings (SSSR count). The third kappa shape index (κ3) is 3.47. The zero-order valence-corrected chi connectivity index (χ0v) is 12.4. The van der Waals surface area contributed by atoms with E-state index in [1.165, 1.54) is 0 Å². The van der Waals surface area contributed by atoms with E-state index in [2.05, 4.69) is 10.1 Å². The maximum Gasteiger partial charge on any atom is 0.410 e. The molecule has 1 saturated heterocycles. The van der Waals surface area contributed by atoms with E-state index in [9.17, 15) is 4.79 Å². The Hall–Kier alpha value is -1.63. The number of carbonyl (C=O) groups excluding carboxylic acids is 1. The van der Waals surface area contributed by atoms with Gasteiger partial charge in [-0.2, -0.15) is 4.98 Å². The van der Waals surface area contributed by atoms with Crippen LogP contribution in [0.1, 0.15) is 44.8 Å². The molecule has 0 aromatic carbocycles. The molecule has 0 saturated carbocycles. The van der Waals surface area contributed by atoms with E-state index in [0.717, 1.165) is 0 Å². The summed E-state index contributed by atoms with van der Waals surface area (Å²) in [6.07, 6.45) is 0.358. The van der Waals surface area contributed by atoms with Gasteiger partial charge in [-0.3, -0.25) is 0 Å². The predicted molar refractivity (Wildman–Crippen MR) is 72.2 cm³/mol. The summed E-state index contributed by atoms with van der Waals surface area (Å²) < 4.78 is 10.6. The third-order valence-electron chi connectivity index (χ3n) is 3.18. The van der Waals surface area contributed by atoms with Gasteiger partial charge in [0.1, 0.15) is 5.60 Å². The average molecular weight is 282 g/mol. The molecule has 7 nitrogen and oxygen atoms in total. The lowest BCUT2D eigenvalue weighted by molar-refractivity contribution is 0.0175. The predicted octanol–water partition coefficient (Wildman–Crippen LogP) is 1.43. The smallest absolute Gasteiger partial charge is 0.410 e. The number of likely N-dealkylation sites (tertiary alicyclic amines) is 1. The molecule has 0 bridgehead atoms. The fourth-order valence-corrected chi connectivity index (χ4v) is 2.19. The molecular formula is C13H22N4O3. The Kier molecular flexibility index (Phi) is 3.99. The van der Waals surface area contributed by atoms with Crippen molar-refractivity contribution in [1.82, 2.24) is 15.0 Å². The van der Waals surface area contributed by atoms with Crippen molar-refractivity contribution in [2.75, 3.05) is 13.1 Å². The van der Waals surface area contributed by atoms with E-state index in [-0.39, 0.29) is 18.1 Å². The number of rotatable bonds is 1. The Labute approximate surface area is 118 Å². The van der Waals surface area contributed by atoms with Crippen LogP contribution in [0.5, 0.6) is 0 Å². The number of piperidine rings is 1. The Bertz CT molecular complexity index is 480. The first-order valence-electron chi connectivity index (χ1n) is 6.80. The quantitative estimate of drug-likeness (QED) is 0.837. The fraction of sp³-hybridized carbons (Fsp3) is 0.769. The van der Waals surface area contributed by atoms with Crippen LogP contribution in [0.4, 0.5) is 4.79 Å². The second kappa shape index (κ2) is 5.40. The van der Waals surface area contributed by atoms with Gasteiger partial charge in [-0.25, -0.2) is 4.79 Å². The largest absolute Gasteiger partial charge is 0.444 e. The Balaban J connectivity index is 2.06. The van der Waals surface area contributed by atoms with Gasteiger partial charge in [-0.15, -0.1) is 0 Å². The molecule has 112 valence electrons. The minimum atomic E-state index is -0.507. The summed E-state index contributed by atoms with van der Waals surface area (Å²) >= 11 is 0. The Morgan fingerprint density at radius 1 is 1.50 bits per heavy atom. The zero-order valence-electron chi connectivity index (χ0n) is 12.4. The lowest BCUT2D eigenvalue weighted by Gasteiger charge is -2.35. The maximum atomic E-state index is 12.1. The third-order valence-corrected chi connectivity index (χ3v) is 3.18. The van der Waals surface area contributed by atoms with E-state index >= 15 is 0 Å². The summed E-state index contributed by atoms with van der Waals surface area (Å²) in [5.41, 5.74) is 5.60. The zero-order chi connectivity index (χ0) is 14.9. The molecule has 2 atom stereocenters. The first-order chi connectivity index (χ1) is 9.26. The molecule has 1 fully saturated rings. The molecule has 1 amide bonds. The van der Waals surface area contributed by atoms with Crippen molar-refractivity contribution in [2.45, 2.75) is 51.7 Å². The molecule has 20 heavy (non-hydrogen) atoms. The van der Waals surface area contributed by atoms with Crippen LogP contribution >= 0.6 is 0 Å². The summed E-state index contributed by atoms with van der Waals surface area (Å²) in [5.74, 6) is 0.919. The normalized spacial score (nSPS) is 23.8. The summed E-state index contributed by atoms with van der Waals surface area (Å²) in [4.78, 5) is 18.0. The van der Waals surface area contributed by atoms with Gasteiger partial charge in [0.15, 0.2) is 5.82 Å². The molecule has 0 aliphatic carbocycles. The van der Waals surface area contributed by atoms with Crippen molar-refractivity contribution in [1.29, 1.82) is 0 Å². The van der Waals surface area contributed by atoms with Gasteiger partial charge in [0.25, 0.3) is 0 Å². The van der Waals surface area contributed by atoms with Crippen molar-refractivity contribution >= 4 is 6.09 Å². The minimum absolute atomic E-state index is 0.0893. The SMILES string of the molecule is Cc1noc([C@H]2CN(C(=O)OC(C)(C)C)CC[C@@H]2N)n1. The van der Waals surface area contributed by atoms with Crippen LogP contribution in [0.3, 0.4) is 0 Å². The van der Waals surface area contributed by atoms with Gasteiger partial charge in [-0.1, -0.05) is 5.16 Å². The lowest BCUT2D eigenvalue weighted by atomic mass is 9.93. The second-order valence-electron chi connectivity index (χ2n) is 6.17. The van der Waals surface area contributed by atoms with E-state index in [1.54, 1.807) is 11.8 Å². The van der Waals surface area contributed by atoms with E-state index < -0.39 is 5.60 Å². The van der Waals surface area contributed by atoms with Gasteiger partial charge in [0, 0.05) is 19.1 Å². The highest BCUT2D eigenvalue weighted by molar-refractivity contribution is 5.68. The summed E-state index contributed by atoms with van der Waals surface area (Å²) in [6.45, 7) is 8.32. The number of ether oxygens (including phenoxy) is 1. The number of hydrogen-bond donors (Lipinski definition) is 1. The van der Waals surface area contributed by atoms with Crippen LogP contribution in [0, 0.1) is 6.92 Å².